The molecule has 1 N–H and O–H groups in total. The minimum Gasteiger partial charge on any atom is -0.371 e. The molecule has 0 bridgehead atoms. The Morgan fingerprint density at radius 3 is 2.55 bits per heavy atom. The molecule has 1 saturated heterocycles. The van der Waals surface area contributed by atoms with Gasteiger partial charge in [-0.25, -0.2) is 0 Å². The molecule has 1 aliphatic rings. The van der Waals surface area contributed by atoms with Crippen molar-refractivity contribution in [2.24, 2.45) is 5.92 Å². The number of hydrogen-bond donors (Lipinski definition) is 1. The number of nitrogens with zero attached hydrogens (tertiary/aromatic N) is 1. The van der Waals surface area contributed by atoms with Gasteiger partial charge in [0.05, 0.1) is 0 Å². The molecule has 0 aliphatic carbocycles. The van der Waals surface area contributed by atoms with Crippen LogP contribution in [0.5, 0.6) is 0 Å². The highest BCUT2D eigenvalue weighted by Crippen LogP contribution is 2.28. The number of hydrogen-bond acceptors (Lipinski definition) is 2. The Morgan fingerprint density at radius 2 is 1.95 bits per heavy atom. The minimum atomic E-state index is 0.500. The molecule has 1 heterocycles. The van der Waals surface area contributed by atoms with E-state index in [1.807, 2.05) is 0 Å². The van der Waals surface area contributed by atoms with Gasteiger partial charge < -0.3 is 10.2 Å². The van der Waals surface area contributed by atoms with Crippen molar-refractivity contribution in [1.29, 1.82) is 0 Å². The van der Waals surface area contributed by atoms with E-state index in [1.54, 1.807) is 0 Å². The third kappa shape index (κ3) is 3.76. The highest BCUT2D eigenvalue weighted by molar-refractivity contribution is 5.49. The maximum atomic E-state index is 3.55. The first kappa shape index (κ1) is 15.4. The van der Waals surface area contributed by atoms with Gasteiger partial charge >= 0.3 is 0 Å². The molecule has 0 amide bonds. The van der Waals surface area contributed by atoms with E-state index in [0.29, 0.717) is 6.04 Å². The van der Waals surface area contributed by atoms with Gasteiger partial charge in [0.25, 0.3) is 0 Å². The highest BCUT2D eigenvalue weighted by atomic mass is 15.1. The van der Waals surface area contributed by atoms with Crippen LogP contribution in [0.3, 0.4) is 0 Å². The lowest BCUT2D eigenvalue weighted by molar-refractivity contribution is 0.529. The van der Waals surface area contributed by atoms with Crippen LogP contribution in [0.4, 0.5) is 5.69 Å². The fourth-order valence-electron chi connectivity index (χ4n) is 3.37. The molecule has 2 nitrogen and oxygen atoms in total. The second-order valence-corrected chi connectivity index (χ2v) is 6.00. The first-order valence-corrected chi connectivity index (χ1v) is 8.36. The van der Waals surface area contributed by atoms with E-state index in [0.717, 1.165) is 18.9 Å². The van der Waals surface area contributed by atoms with Crippen LogP contribution in [0.2, 0.25) is 0 Å². The lowest BCUT2D eigenvalue weighted by atomic mass is 10.0. The quantitative estimate of drug-likeness (QED) is 0.794. The number of anilines is 1. The molecule has 1 aliphatic heterocycles. The van der Waals surface area contributed by atoms with Crippen molar-refractivity contribution in [1.82, 2.24) is 5.32 Å². The van der Waals surface area contributed by atoms with Crippen molar-refractivity contribution in [2.45, 2.75) is 52.5 Å². The Kier molecular flexibility index (Phi) is 5.90. The van der Waals surface area contributed by atoms with Gasteiger partial charge in [-0.1, -0.05) is 39.3 Å². The predicted octanol–water partition coefficient (Wildman–Crippen LogP) is 4.37. The van der Waals surface area contributed by atoms with Crippen molar-refractivity contribution >= 4 is 5.69 Å². The molecule has 0 spiro atoms. The molecule has 2 atom stereocenters. The van der Waals surface area contributed by atoms with Gasteiger partial charge in [-0.05, 0) is 49.4 Å². The third-order valence-corrected chi connectivity index (χ3v) is 4.50. The lowest BCUT2D eigenvalue weighted by Crippen LogP contribution is -2.21. The summed E-state index contributed by atoms with van der Waals surface area (Å²) in [5.74, 6) is 0.907. The molecule has 2 unspecified atom stereocenters. The molecule has 20 heavy (non-hydrogen) atoms. The predicted molar refractivity (Wildman–Crippen MR) is 88.4 cm³/mol. The van der Waals surface area contributed by atoms with E-state index in [2.05, 4.69) is 55.3 Å². The summed E-state index contributed by atoms with van der Waals surface area (Å²) in [4.78, 5) is 2.55. The van der Waals surface area contributed by atoms with Crippen LogP contribution in [0.25, 0.3) is 0 Å². The van der Waals surface area contributed by atoms with E-state index in [9.17, 15) is 0 Å². The summed E-state index contributed by atoms with van der Waals surface area (Å²) in [5.41, 5.74) is 2.82. The molecule has 112 valence electrons. The maximum Gasteiger partial charge on any atom is 0.0366 e. The molecule has 1 fully saturated rings. The van der Waals surface area contributed by atoms with Gasteiger partial charge in [0, 0.05) is 24.8 Å². The van der Waals surface area contributed by atoms with Gasteiger partial charge in [0.2, 0.25) is 0 Å². The van der Waals surface area contributed by atoms with E-state index in [1.165, 1.54) is 43.6 Å². The third-order valence-electron chi connectivity index (χ3n) is 4.50. The van der Waals surface area contributed by atoms with Crippen molar-refractivity contribution in [3.8, 4) is 0 Å². The molecular weight excluding hydrogens is 244 g/mol. The summed E-state index contributed by atoms with van der Waals surface area (Å²) in [6.07, 6.45) is 5.21. The summed E-state index contributed by atoms with van der Waals surface area (Å²) in [5, 5.41) is 3.55. The van der Waals surface area contributed by atoms with Crippen LogP contribution in [0, 0.1) is 5.92 Å². The van der Waals surface area contributed by atoms with Crippen LogP contribution in [0.15, 0.2) is 24.3 Å². The van der Waals surface area contributed by atoms with Crippen LogP contribution < -0.4 is 10.2 Å². The van der Waals surface area contributed by atoms with Crippen LogP contribution >= 0.6 is 0 Å². The minimum absolute atomic E-state index is 0.500. The van der Waals surface area contributed by atoms with E-state index < -0.39 is 0 Å². The number of nitrogens with one attached hydrogen (secondary N) is 1. The molecule has 2 heteroatoms. The summed E-state index contributed by atoms with van der Waals surface area (Å²) in [6, 6.07) is 9.73. The zero-order valence-electron chi connectivity index (χ0n) is 13.4. The average Bonchev–Trinajstić information content (AvgIpc) is 2.94. The Bertz CT molecular complexity index is 385. The molecule has 0 saturated carbocycles. The Labute approximate surface area is 124 Å². The number of benzene rings is 1. The molecular formula is C18H30N2. The summed E-state index contributed by atoms with van der Waals surface area (Å²) >= 11 is 0. The standard InChI is InChI=1S/C18H30N2/c1-4-7-15-12-13-20(14-15)17-10-8-16(9-11-17)18(5-2)19-6-3/h8-11,15,18-19H,4-7,12-14H2,1-3H3. The highest BCUT2D eigenvalue weighted by Gasteiger charge is 2.21. The summed E-state index contributed by atoms with van der Waals surface area (Å²) in [7, 11) is 0. The van der Waals surface area contributed by atoms with E-state index >= 15 is 0 Å². The monoisotopic (exact) mass is 274 g/mol. The van der Waals surface area contributed by atoms with Crippen LogP contribution in [0.1, 0.15) is 58.1 Å². The van der Waals surface area contributed by atoms with Crippen molar-refractivity contribution < 1.29 is 0 Å². The molecule has 2 rings (SSSR count). The van der Waals surface area contributed by atoms with Crippen LogP contribution in [-0.4, -0.2) is 19.6 Å². The van der Waals surface area contributed by atoms with Crippen LogP contribution in [-0.2, 0) is 0 Å². The van der Waals surface area contributed by atoms with Gasteiger partial charge in [0.15, 0.2) is 0 Å². The van der Waals surface area contributed by atoms with Gasteiger partial charge in [0.1, 0.15) is 0 Å². The SMILES string of the molecule is CCCC1CCN(c2ccc(C(CC)NCC)cc2)C1. The average molecular weight is 274 g/mol. The summed E-state index contributed by atoms with van der Waals surface area (Å²) < 4.78 is 0. The number of rotatable bonds is 7. The molecule has 1 aromatic rings. The smallest absolute Gasteiger partial charge is 0.0366 e. The molecule has 0 radical (unpaired) electrons. The van der Waals surface area contributed by atoms with Crippen molar-refractivity contribution in [3.63, 3.8) is 0 Å². The first-order chi connectivity index (χ1) is 9.78. The lowest BCUT2D eigenvalue weighted by Gasteiger charge is -2.21. The fourth-order valence-corrected chi connectivity index (χ4v) is 3.37. The topological polar surface area (TPSA) is 15.3 Å². The second kappa shape index (κ2) is 7.68. The Morgan fingerprint density at radius 1 is 1.20 bits per heavy atom. The summed E-state index contributed by atoms with van der Waals surface area (Å²) in [6.45, 7) is 10.2. The first-order valence-electron chi connectivity index (χ1n) is 8.36. The van der Waals surface area contributed by atoms with Gasteiger partial charge in [-0.3, -0.25) is 0 Å². The van der Waals surface area contributed by atoms with Gasteiger partial charge in [-0.2, -0.15) is 0 Å². The Hall–Kier alpha value is -1.02. The van der Waals surface area contributed by atoms with E-state index in [-0.39, 0.29) is 0 Å². The van der Waals surface area contributed by atoms with Gasteiger partial charge in [-0.15, -0.1) is 0 Å². The molecule has 0 aromatic heterocycles. The Balaban J connectivity index is 1.98. The van der Waals surface area contributed by atoms with E-state index in [4.69, 9.17) is 0 Å². The fraction of sp³-hybridized carbons (Fsp3) is 0.667. The molecule has 1 aromatic carbocycles. The second-order valence-electron chi connectivity index (χ2n) is 6.00. The zero-order valence-corrected chi connectivity index (χ0v) is 13.4. The largest absolute Gasteiger partial charge is 0.371 e. The van der Waals surface area contributed by atoms with Crippen molar-refractivity contribution in [2.75, 3.05) is 24.5 Å². The zero-order chi connectivity index (χ0) is 14.4. The normalized spacial score (nSPS) is 20.4. The maximum absolute atomic E-state index is 3.55. The van der Waals surface area contributed by atoms with Crippen molar-refractivity contribution in [3.05, 3.63) is 29.8 Å².